The maximum atomic E-state index is 11.8. The second-order valence-electron chi connectivity index (χ2n) is 4.29. The maximum absolute atomic E-state index is 11.8. The summed E-state index contributed by atoms with van der Waals surface area (Å²) >= 11 is 5.92. The predicted octanol–water partition coefficient (Wildman–Crippen LogP) is 2.96. The topological polar surface area (TPSA) is 55.1 Å². The van der Waals surface area contributed by atoms with Crippen LogP contribution in [0, 0.1) is 12.8 Å². The molecule has 0 radical (unpaired) electrons. The van der Waals surface area contributed by atoms with Crippen molar-refractivity contribution in [3.8, 4) is 0 Å². The Kier molecular flexibility index (Phi) is 5.45. The van der Waals surface area contributed by atoms with Gasteiger partial charge in [-0.25, -0.2) is 0 Å². The fraction of sp³-hybridized carbons (Fsp3) is 0.462. The highest BCUT2D eigenvalue weighted by atomic mass is 35.5. The molecule has 0 aliphatic carbocycles. The van der Waals surface area contributed by atoms with E-state index in [0.717, 1.165) is 24.1 Å². The van der Waals surface area contributed by atoms with Gasteiger partial charge in [-0.2, -0.15) is 0 Å². The predicted molar refractivity (Wildman–Crippen MR) is 72.3 cm³/mol. The number of rotatable bonds is 5. The first kappa shape index (κ1) is 14.0. The number of halogens is 1. The van der Waals surface area contributed by atoms with Crippen molar-refractivity contribution >= 4 is 23.2 Å². The SMILES string of the molecule is Cc1cc(NC(=O)[C@@H](C)CCCN)ccc1Cl. The van der Waals surface area contributed by atoms with E-state index < -0.39 is 0 Å². The lowest BCUT2D eigenvalue weighted by Gasteiger charge is -2.12. The zero-order valence-corrected chi connectivity index (χ0v) is 11.1. The third-order valence-corrected chi connectivity index (χ3v) is 3.14. The lowest BCUT2D eigenvalue weighted by molar-refractivity contribution is -0.119. The van der Waals surface area contributed by atoms with E-state index in [1.165, 1.54) is 0 Å². The van der Waals surface area contributed by atoms with E-state index in [9.17, 15) is 4.79 Å². The Morgan fingerprint density at radius 2 is 2.24 bits per heavy atom. The molecule has 3 nitrogen and oxygen atoms in total. The summed E-state index contributed by atoms with van der Waals surface area (Å²) in [5, 5.41) is 3.59. The van der Waals surface area contributed by atoms with Crippen molar-refractivity contribution < 1.29 is 4.79 Å². The minimum Gasteiger partial charge on any atom is -0.330 e. The summed E-state index contributed by atoms with van der Waals surface area (Å²) in [6.45, 7) is 4.45. The smallest absolute Gasteiger partial charge is 0.227 e. The molecular weight excluding hydrogens is 236 g/mol. The summed E-state index contributed by atoms with van der Waals surface area (Å²) in [6, 6.07) is 5.47. The normalized spacial score (nSPS) is 12.2. The lowest BCUT2D eigenvalue weighted by Crippen LogP contribution is -2.21. The second-order valence-corrected chi connectivity index (χ2v) is 4.69. The zero-order valence-electron chi connectivity index (χ0n) is 10.3. The molecule has 1 rings (SSSR count). The van der Waals surface area contributed by atoms with Crippen molar-refractivity contribution in [3.05, 3.63) is 28.8 Å². The molecule has 0 unspecified atom stereocenters. The molecular formula is C13H19ClN2O. The third kappa shape index (κ3) is 4.36. The lowest BCUT2D eigenvalue weighted by atomic mass is 10.0. The molecule has 0 aliphatic heterocycles. The number of aryl methyl sites for hydroxylation is 1. The van der Waals surface area contributed by atoms with Gasteiger partial charge in [0.25, 0.3) is 0 Å². The van der Waals surface area contributed by atoms with Gasteiger partial charge >= 0.3 is 0 Å². The van der Waals surface area contributed by atoms with E-state index in [1.54, 1.807) is 6.07 Å². The Morgan fingerprint density at radius 1 is 1.53 bits per heavy atom. The van der Waals surface area contributed by atoms with Crippen LogP contribution in [0.2, 0.25) is 5.02 Å². The maximum Gasteiger partial charge on any atom is 0.227 e. The van der Waals surface area contributed by atoms with Crippen LogP contribution in [0.5, 0.6) is 0 Å². The van der Waals surface area contributed by atoms with Crippen molar-refractivity contribution in [3.63, 3.8) is 0 Å². The van der Waals surface area contributed by atoms with Gasteiger partial charge in [-0.1, -0.05) is 18.5 Å². The summed E-state index contributed by atoms with van der Waals surface area (Å²) < 4.78 is 0. The Morgan fingerprint density at radius 3 is 2.82 bits per heavy atom. The Bertz CT molecular complexity index is 393. The van der Waals surface area contributed by atoms with Gasteiger partial charge in [0.15, 0.2) is 0 Å². The number of benzene rings is 1. The van der Waals surface area contributed by atoms with E-state index in [0.29, 0.717) is 11.6 Å². The Balaban J connectivity index is 2.58. The largest absolute Gasteiger partial charge is 0.330 e. The summed E-state index contributed by atoms with van der Waals surface area (Å²) in [5.74, 6) is 0.00899. The number of carbonyl (C=O) groups is 1. The van der Waals surface area contributed by atoms with E-state index in [-0.39, 0.29) is 11.8 Å². The second kappa shape index (κ2) is 6.62. The number of nitrogens with two attached hydrogens (primary N) is 1. The van der Waals surface area contributed by atoms with Crippen molar-refractivity contribution in [1.82, 2.24) is 0 Å². The highest BCUT2D eigenvalue weighted by molar-refractivity contribution is 6.31. The number of anilines is 1. The Labute approximate surface area is 107 Å². The van der Waals surface area contributed by atoms with Crippen molar-refractivity contribution in [2.75, 3.05) is 11.9 Å². The first-order valence-corrected chi connectivity index (χ1v) is 6.19. The van der Waals surface area contributed by atoms with Crippen LogP contribution in [0.4, 0.5) is 5.69 Å². The molecule has 0 bridgehead atoms. The van der Waals surface area contributed by atoms with Gasteiger partial charge in [0.05, 0.1) is 0 Å². The van der Waals surface area contributed by atoms with Gasteiger partial charge in [-0.3, -0.25) is 4.79 Å². The molecule has 3 N–H and O–H groups in total. The van der Waals surface area contributed by atoms with Crippen LogP contribution >= 0.6 is 11.6 Å². The van der Waals surface area contributed by atoms with Crippen LogP contribution in [0.3, 0.4) is 0 Å². The van der Waals surface area contributed by atoms with Gasteiger partial charge in [0.1, 0.15) is 0 Å². The number of carbonyl (C=O) groups excluding carboxylic acids is 1. The molecule has 0 aliphatic rings. The van der Waals surface area contributed by atoms with Crippen LogP contribution in [-0.2, 0) is 4.79 Å². The van der Waals surface area contributed by atoms with Crippen molar-refractivity contribution in [2.45, 2.75) is 26.7 Å². The first-order valence-electron chi connectivity index (χ1n) is 5.81. The molecule has 0 saturated carbocycles. The van der Waals surface area contributed by atoms with E-state index >= 15 is 0 Å². The van der Waals surface area contributed by atoms with E-state index in [4.69, 9.17) is 17.3 Å². The number of amides is 1. The van der Waals surface area contributed by atoms with E-state index in [2.05, 4.69) is 5.32 Å². The molecule has 1 aromatic carbocycles. The van der Waals surface area contributed by atoms with Crippen molar-refractivity contribution in [2.24, 2.45) is 11.7 Å². The van der Waals surface area contributed by atoms with Crippen LogP contribution in [0.15, 0.2) is 18.2 Å². The minimum atomic E-state index is -0.0189. The molecule has 94 valence electrons. The average molecular weight is 255 g/mol. The Hall–Kier alpha value is -1.06. The number of hydrogen-bond donors (Lipinski definition) is 2. The van der Waals surface area contributed by atoms with Gasteiger partial charge < -0.3 is 11.1 Å². The summed E-state index contributed by atoms with van der Waals surface area (Å²) in [5.41, 5.74) is 7.17. The molecule has 1 aromatic rings. The highest BCUT2D eigenvalue weighted by Gasteiger charge is 2.12. The molecule has 0 fully saturated rings. The summed E-state index contributed by atoms with van der Waals surface area (Å²) in [6.07, 6.45) is 1.68. The molecule has 0 saturated heterocycles. The third-order valence-electron chi connectivity index (χ3n) is 2.71. The zero-order chi connectivity index (χ0) is 12.8. The average Bonchev–Trinajstić information content (AvgIpc) is 2.30. The van der Waals surface area contributed by atoms with Crippen molar-refractivity contribution in [1.29, 1.82) is 0 Å². The monoisotopic (exact) mass is 254 g/mol. The molecule has 1 amide bonds. The van der Waals surface area contributed by atoms with Crippen LogP contribution < -0.4 is 11.1 Å². The van der Waals surface area contributed by atoms with Gasteiger partial charge in [-0.15, -0.1) is 0 Å². The first-order chi connectivity index (χ1) is 8.04. The van der Waals surface area contributed by atoms with Crippen LogP contribution in [0.1, 0.15) is 25.3 Å². The summed E-state index contributed by atoms with van der Waals surface area (Å²) in [4.78, 5) is 11.8. The molecule has 17 heavy (non-hydrogen) atoms. The van der Waals surface area contributed by atoms with Gasteiger partial charge in [-0.05, 0) is 50.1 Å². The van der Waals surface area contributed by atoms with Crippen LogP contribution in [-0.4, -0.2) is 12.5 Å². The highest BCUT2D eigenvalue weighted by Crippen LogP contribution is 2.20. The number of nitrogens with one attached hydrogen (secondary N) is 1. The molecule has 0 aromatic heterocycles. The fourth-order valence-electron chi connectivity index (χ4n) is 1.54. The molecule has 0 heterocycles. The number of hydrogen-bond acceptors (Lipinski definition) is 2. The van der Waals surface area contributed by atoms with E-state index in [1.807, 2.05) is 26.0 Å². The summed E-state index contributed by atoms with van der Waals surface area (Å²) in [7, 11) is 0. The fourth-order valence-corrected chi connectivity index (χ4v) is 1.66. The minimum absolute atomic E-state index is 0.0189. The molecule has 4 heteroatoms. The van der Waals surface area contributed by atoms with Gasteiger partial charge in [0, 0.05) is 16.6 Å². The molecule has 1 atom stereocenters. The van der Waals surface area contributed by atoms with Gasteiger partial charge in [0.2, 0.25) is 5.91 Å². The van der Waals surface area contributed by atoms with Crippen LogP contribution in [0.25, 0.3) is 0 Å². The molecule has 0 spiro atoms. The quantitative estimate of drug-likeness (QED) is 0.849. The standard InChI is InChI=1S/C13H19ClN2O/c1-9(4-3-7-15)13(17)16-11-5-6-12(14)10(2)8-11/h5-6,8-9H,3-4,7,15H2,1-2H3,(H,16,17)/t9-/m0/s1.